The van der Waals surface area contributed by atoms with Gasteiger partial charge in [-0.3, -0.25) is 5.32 Å². The molecule has 1 saturated carbocycles. The third-order valence-electron chi connectivity index (χ3n) is 4.20. The summed E-state index contributed by atoms with van der Waals surface area (Å²) in [6.07, 6.45) is 2.42. The topological polar surface area (TPSA) is 49.3 Å². The van der Waals surface area contributed by atoms with E-state index in [2.05, 4.69) is 5.32 Å². The number of rotatable bonds is 5. The maximum atomic E-state index is 11.7. The highest BCUT2D eigenvalue weighted by molar-refractivity contribution is 5.86. The summed E-state index contributed by atoms with van der Waals surface area (Å²) in [6, 6.07) is 13.9. The molecule has 1 aliphatic rings. The van der Waals surface area contributed by atoms with Crippen molar-refractivity contribution in [2.24, 2.45) is 5.92 Å². The Kier molecular flexibility index (Phi) is 3.22. The molecular weight excluding hydrogens is 250 g/mol. The molecule has 104 valence electrons. The Labute approximate surface area is 118 Å². The first-order valence-corrected chi connectivity index (χ1v) is 7.07. The fourth-order valence-electron chi connectivity index (χ4n) is 2.47. The summed E-state index contributed by atoms with van der Waals surface area (Å²) >= 11 is 0. The van der Waals surface area contributed by atoms with Gasteiger partial charge in [0.1, 0.15) is 5.54 Å². The van der Waals surface area contributed by atoms with E-state index in [1.54, 1.807) is 6.92 Å². The SMILES string of the molecule is CC(NCC1CC1)(C(=O)O)c1ccc2ccccc2c1. The lowest BCUT2D eigenvalue weighted by Gasteiger charge is -2.27. The largest absolute Gasteiger partial charge is 0.480 e. The zero-order valence-electron chi connectivity index (χ0n) is 11.6. The van der Waals surface area contributed by atoms with Crippen LogP contribution in [-0.4, -0.2) is 17.6 Å². The van der Waals surface area contributed by atoms with Gasteiger partial charge in [-0.05, 0) is 54.6 Å². The maximum absolute atomic E-state index is 11.7. The van der Waals surface area contributed by atoms with Gasteiger partial charge in [-0.25, -0.2) is 4.79 Å². The van der Waals surface area contributed by atoms with Crippen LogP contribution in [0, 0.1) is 5.92 Å². The van der Waals surface area contributed by atoms with Crippen LogP contribution in [0.4, 0.5) is 0 Å². The molecule has 2 aromatic rings. The number of hydrogen-bond donors (Lipinski definition) is 2. The van der Waals surface area contributed by atoms with Crippen molar-refractivity contribution in [3.8, 4) is 0 Å². The Balaban J connectivity index is 1.96. The average Bonchev–Trinajstić information content (AvgIpc) is 3.28. The summed E-state index contributed by atoms with van der Waals surface area (Å²) in [4.78, 5) is 11.7. The summed E-state index contributed by atoms with van der Waals surface area (Å²) < 4.78 is 0. The summed E-state index contributed by atoms with van der Waals surface area (Å²) in [7, 11) is 0. The number of carboxylic acid groups (broad SMARTS) is 1. The third-order valence-corrected chi connectivity index (χ3v) is 4.20. The van der Waals surface area contributed by atoms with Crippen LogP contribution in [0.25, 0.3) is 10.8 Å². The number of hydrogen-bond acceptors (Lipinski definition) is 2. The van der Waals surface area contributed by atoms with Crippen LogP contribution in [0.15, 0.2) is 42.5 Å². The molecule has 0 saturated heterocycles. The Morgan fingerprint density at radius 2 is 1.95 bits per heavy atom. The highest BCUT2D eigenvalue weighted by atomic mass is 16.4. The normalized spacial score (nSPS) is 17.9. The van der Waals surface area contributed by atoms with E-state index in [0.29, 0.717) is 5.92 Å². The summed E-state index contributed by atoms with van der Waals surface area (Å²) in [5, 5.41) is 15.1. The van der Waals surface area contributed by atoms with Gasteiger partial charge in [-0.15, -0.1) is 0 Å². The molecule has 3 nitrogen and oxygen atoms in total. The van der Waals surface area contributed by atoms with E-state index >= 15 is 0 Å². The first-order chi connectivity index (χ1) is 9.59. The molecule has 2 N–H and O–H groups in total. The molecule has 0 radical (unpaired) electrons. The minimum atomic E-state index is -1.02. The Hall–Kier alpha value is -1.87. The molecule has 1 aliphatic carbocycles. The number of carbonyl (C=O) groups is 1. The lowest BCUT2D eigenvalue weighted by Crippen LogP contribution is -2.47. The lowest BCUT2D eigenvalue weighted by molar-refractivity contribution is -0.144. The van der Waals surface area contributed by atoms with Crippen molar-refractivity contribution in [2.75, 3.05) is 6.54 Å². The van der Waals surface area contributed by atoms with E-state index in [1.165, 1.54) is 12.8 Å². The van der Waals surface area contributed by atoms with Gasteiger partial charge < -0.3 is 5.11 Å². The van der Waals surface area contributed by atoms with Crippen LogP contribution in [0.3, 0.4) is 0 Å². The van der Waals surface area contributed by atoms with Crippen LogP contribution < -0.4 is 5.32 Å². The van der Waals surface area contributed by atoms with Crippen molar-refractivity contribution in [1.82, 2.24) is 5.32 Å². The monoisotopic (exact) mass is 269 g/mol. The molecule has 1 fully saturated rings. The minimum Gasteiger partial charge on any atom is -0.480 e. The predicted octanol–water partition coefficient (Wildman–Crippen LogP) is 3.14. The smallest absolute Gasteiger partial charge is 0.328 e. The van der Waals surface area contributed by atoms with Crippen molar-refractivity contribution in [3.05, 3.63) is 48.0 Å². The number of benzene rings is 2. The molecule has 0 bridgehead atoms. The molecule has 1 unspecified atom stereocenters. The molecular formula is C17H19NO2. The Morgan fingerprint density at radius 1 is 1.25 bits per heavy atom. The Morgan fingerprint density at radius 3 is 2.60 bits per heavy atom. The van der Waals surface area contributed by atoms with Crippen LogP contribution >= 0.6 is 0 Å². The molecule has 1 atom stereocenters. The maximum Gasteiger partial charge on any atom is 0.328 e. The van der Waals surface area contributed by atoms with Crippen LogP contribution in [0.5, 0.6) is 0 Å². The third kappa shape index (κ3) is 2.41. The van der Waals surface area contributed by atoms with Crippen molar-refractivity contribution in [1.29, 1.82) is 0 Å². The molecule has 20 heavy (non-hydrogen) atoms. The van der Waals surface area contributed by atoms with Gasteiger partial charge in [-0.1, -0.05) is 36.4 Å². The zero-order chi connectivity index (χ0) is 14.2. The number of nitrogens with one attached hydrogen (secondary N) is 1. The summed E-state index contributed by atoms with van der Waals surface area (Å²) in [5.41, 5.74) is -0.212. The molecule has 2 aromatic carbocycles. The van der Waals surface area contributed by atoms with Gasteiger partial charge in [0, 0.05) is 0 Å². The lowest BCUT2D eigenvalue weighted by atomic mass is 9.90. The summed E-state index contributed by atoms with van der Waals surface area (Å²) in [6.45, 7) is 2.53. The average molecular weight is 269 g/mol. The molecule has 3 rings (SSSR count). The van der Waals surface area contributed by atoms with Gasteiger partial charge in [0.05, 0.1) is 0 Å². The second kappa shape index (κ2) is 4.91. The van der Waals surface area contributed by atoms with E-state index in [-0.39, 0.29) is 0 Å². The highest BCUT2D eigenvalue weighted by Crippen LogP contribution is 2.31. The predicted molar refractivity (Wildman–Crippen MR) is 79.7 cm³/mol. The standard InChI is InChI=1S/C17H19NO2/c1-17(16(19)20,18-11-12-6-7-12)15-9-8-13-4-2-3-5-14(13)10-15/h2-5,8-10,12,18H,6-7,11H2,1H3,(H,19,20). The number of carboxylic acids is 1. The van der Waals surface area contributed by atoms with Crippen molar-refractivity contribution < 1.29 is 9.90 Å². The van der Waals surface area contributed by atoms with Crippen LogP contribution in [0.1, 0.15) is 25.3 Å². The fourth-order valence-corrected chi connectivity index (χ4v) is 2.47. The van der Waals surface area contributed by atoms with Gasteiger partial charge in [0.25, 0.3) is 0 Å². The van der Waals surface area contributed by atoms with Crippen molar-refractivity contribution in [3.63, 3.8) is 0 Å². The van der Waals surface area contributed by atoms with Crippen molar-refractivity contribution in [2.45, 2.75) is 25.3 Å². The van der Waals surface area contributed by atoms with E-state index in [4.69, 9.17) is 0 Å². The quantitative estimate of drug-likeness (QED) is 0.876. The summed E-state index contributed by atoms with van der Waals surface area (Å²) in [5.74, 6) is -0.178. The van der Waals surface area contributed by atoms with E-state index in [0.717, 1.165) is 22.9 Å². The van der Waals surface area contributed by atoms with E-state index in [1.807, 2.05) is 42.5 Å². The van der Waals surface area contributed by atoms with Gasteiger partial charge in [-0.2, -0.15) is 0 Å². The van der Waals surface area contributed by atoms with Gasteiger partial charge in [0.2, 0.25) is 0 Å². The van der Waals surface area contributed by atoms with Gasteiger partial charge >= 0.3 is 5.97 Å². The Bertz CT molecular complexity index is 648. The highest BCUT2D eigenvalue weighted by Gasteiger charge is 2.36. The van der Waals surface area contributed by atoms with Crippen molar-refractivity contribution >= 4 is 16.7 Å². The van der Waals surface area contributed by atoms with Gasteiger partial charge in [0.15, 0.2) is 0 Å². The molecule has 0 spiro atoms. The number of aliphatic carboxylic acids is 1. The molecule has 0 amide bonds. The number of fused-ring (bicyclic) bond motifs is 1. The molecule has 0 aromatic heterocycles. The molecule has 0 heterocycles. The van der Waals surface area contributed by atoms with Crippen LogP contribution in [0.2, 0.25) is 0 Å². The van der Waals surface area contributed by atoms with E-state index < -0.39 is 11.5 Å². The van der Waals surface area contributed by atoms with Crippen LogP contribution in [-0.2, 0) is 10.3 Å². The molecule has 0 aliphatic heterocycles. The first kappa shape index (κ1) is 13.1. The molecule has 3 heteroatoms. The zero-order valence-corrected chi connectivity index (χ0v) is 11.6. The second-order valence-corrected chi connectivity index (χ2v) is 5.82. The second-order valence-electron chi connectivity index (χ2n) is 5.82. The minimum absolute atomic E-state index is 0.647. The first-order valence-electron chi connectivity index (χ1n) is 7.07. The fraction of sp³-hybridized carbons (Fsp3) is 0.353. The van der Waals surface area contributed by atoms with E-state index in [9.17, 15) is 9.90 Å².